The number of fused-ring (bicyclic) bond motifs is 2. The Balaban J connectivity index is 1.78. The number of anilines is 1. The summed E-state index contributed by atoms with van der Waals surface area (Å²) >= 11 is 0. The largest absolute Gasteiger partial charge is 0.480 e. The van der Waals surface area contributed by atoms with Crippen LogP contribution in [0.5, 0.6) is 0 Å². The third-order valence-corrected chi connectivity index (χ3v) is 6.12. The van der Waals surface area contributed by atoms with Crippen LogP contribution in [0.3, 0.4) is 0 Å². The molecule has 0 spiro atoms. The second-order valence-corrected chi connectivity index (χ2v) is 7.87. The number of hydrogen-bond acceptors (Lipinski definition) is 4. The first-order chi connectivity index (χ1) is 15.4. The van der Waals surface area contributed by atoms with Crippen molar-refractivity contribution in [2.45, 2.75) is 25.4 Å². The van der Waals surface area contributed by atoms with E-state index >= 15 is 0 Å². The number of carboxylic acids is 1. The predicted molar refractivity (Wildman–Crippen MR) is 120 cm³/mol. The van der Waals surface area contributed by atoms with Gasteiger partial charge in [-0.1, -0.05) is 42.5 Å². The number of halogens is 1. The Morgan fingerprint density at radius 2 is 1.88 bits per heavy atom. The van der Waals surface area contributed by atoms with E-state index in [-0.39, 0.29) is 6.54 Å². The second kappa shape index (κ2) is 8.86. The van der Waals surface area contributed by atoms with Crippen molar-refractivity contribution in [3.63, 3.8) is 0 Å². The van der Waals surface area contributed by atoms with Crippen molar-refractivity contribution >= 4 is 28.5 Å². The van der Waals surface area contributed by atoms with Gasteiger partial charge in [0.05, 0.1) is 7.11 Å². The number of methoxy groups -OCH3 is 1. The van der Waals surface area contributed by atoms with E-state index in [2.05, 4.69) is 0 Å². The summed E-state index contributed by atoms with van der Waals surface area (Å²) in [6.45, 7) is 2.60. The topological polar surface area (TPSA) is 70.1 Å². The number of nitrogens with zero attached hydrogens (tertiary/aromatic N) is 2. The predicted octanol–water partition coefficient (Wildman–Crippen LogP) is 4.62. The summed E-state index contributed by atoms with van der Waals surface area (Å²) < 4.78 is 19.0. The number of benzene rings is 3. The molecule has 1 aliphatic heterocycles. The van der Waals surface area contributed by atoms with Gasteiger partial charge in [-0.15, -0.1) is 0 Å². The number of ether oxygens (including phenoxy) is 1. The summed E-state index contributed by atoms with van der Waals surface area (Å²) in [5.41, 5.74) is 2.23. The van der Waals surface area contributed by atoms with Crippen LogP contribution in [-0.2, 0) is 16.1 Å². The van der Waals surface area contributed by atoms with Crippen molar-refractivity contribution in [1.29, 1.82) is 0 Å². The monoisotopic (exact) mass is 436 g/mol. The van der Waals surface area contributed by atoms with E-state index < -0.39 is 29.8 Å². The SMILES string of the molecule is CCN(CC1c2cc(F)ccc2N(Cc2cccc3ccccc23)C1C(=O)O)C(=O)OC. The van der Waals surface area contributed by atoms with Gasteiger partial charge >= 0.3 is 12.1 Å². The number of aliphatic carboxylic acids is 1. The molecule has 3 aromatic carbocycles. The van der Waals surface area contributed by atoms with E-state index in [4.69, 9.17) is 4.74 Å². The maximum Gasteiger partial charge on any atom is 0.409 e. The van der Waals surface area contributed by atoms with Crippen molar-refractivity contribution in [3.05, 3.63) is 77.6 Å². The molecule has 0 aromatic heterocycles. The Labute approximate surface area is 185 Å². The fourth-order valence-electron chi connectivity index (χ4n) is 4.62. The van der Waals surface area contributed by atoms with E-state index in [1.165, 1.54) is 24.1 Å². The standard InChI is InChI=1S/C25H25FN2O4/c1-3-27(25(31)32-2)15-21-20-13-18(26)11-12-22(20)28(23(21)24(29)30)14-17-9-6-8-16-7-4-5-10-19(16)17/h4-13,21,23H,3,14-15H2,1-2H3,(H,29,30). The van der Waals surface area contributed by atoms with Crippen LogP contribution in [0.15, 0.2) is 60.7 Å². The lowest BCUT2D eigenvalue weighted by atomic mass is 9.94. The highest BCUT2D eigenvalue weighted by Gasteiger charge is 2.44. The minimum atomic E-state index is -1.02. The molecule has 2 unspecified atom stereocenters. The van der Waals surface area contributed by atoms with Gasteiger partial charge < -0.3 is 19.6 Å². The van der Waals surface area contributed by atoms with Crippen molar-refractivity contribution < 1.29 is 23.8 Å². The van der Waals surface area contributed by atoms with E-state index in [9.17, 15) is 19.1 Å². The van der Waals surface area contributed by atoms with E-state index in [0.717, 1.165) is 16.3 Å². The maximum absolute atomic E-state index is 14.2. The molecule has 0 saturated heterocycles. The lowest BCUT2D eigenvalue weighted by Crippen LogP contribution is -2.45. The van der Waals surface area contributed by atoms with E-state index in [1.807, 2.05) is 42.5 Å². The Morgan fingerprint density at radius 1 is 1.12 bits per heavy atom. The fourth-order valence-corrected chi connectivity index (χ4v) is 4.62. The van der Waals surface area contributed by atoms with Gasteiger partial charge in [-0.05, 0) is 47.0 Å². The number of carbonyl (C=O) groups excluding carboxylic acids is 1. The van der Waals surface area contributed by atoms with Gasteiger partial charge in [-0.25, -0.2) is 14.0 Å². The first kappa shape index (κ1) is 21.6. The minimum absolute atomic E-state index is 0.114. The zero-order valence-corrected chi connectivity index (χ0v) is 18.0. The zero-order valence-electron chi connectivity index (χ0n) is 18.0. The molecule has 0 saturated carbocycles. The Bertz CT molecular complexity index is 1160. The number of likely N-dealkylation sites (N-methyl/N-ethyl adjacent to an activating group) is 1. The zero-order chi connectivity index (χ0) is 22.8. The molecule has 1 heterocycles. The molecule has 0 radical (unpaired) electrons. The molecule has 3 aromatic rings. The summed E-state index contributed by atoms with van der Waals surface area (Å²) in [5, 5.41) is 12.3. The highest BCUT2D eigenvalue weighted by Crippen LogP contribution is 2.43. The number of rotatable bonds is 6. The maximum atomic E-state index is 14.2. The minimum Gasteiger partial charge on any atom is -0.480 e. The number of carboxylic acid groups (broad SMARTS) is 1. The number of carbonyl (C=O) groups is 2. The highest BCUT2D eigenvalue weighted by molar-refractivity contribution is 5.88. The smallest absolute Gasteiger partial charge is 0.409 e. The van der Waals surface area contributed by atoms with E-state index in [1.54, 1.807) is 17.9 Å². The molecule has 1 aliphatic rings. The van der Waals surface area contributed by atoms with Gasteiger partial charge in [0.15, 0.2) is 0 Å². The van der Waals surface area contributed by atoms with Gasteiger partial charge in [0.1, 0.15) is 11.9 Å². The molecule has 32 heavy (non-hydrogen) atoms. The molecule has 6 nitrogen and oxygen atoms in total. The molecule has 2 atom stereocenters. The van der Waals surface area contributed by atoms with Crippen molar-refractivity contribution in [2.75, 3.05) is 25.1 Å². The molecule has 4 rings (SSSR count). The van der Waals surface area contributed by atoms with Crippen molar-refractivity contribution in [1.82, 2.24) is 4.90 Å². The summed E-state index contributed by atoms with van der Waals surface area (Å²) in [4.78, 5) is 27.9. The molecule has 0 aliphatic carbocycles. The summed E-state index contributed by atoms with van der Waals surface area (Å²) in [6.07, 6.45) is -0.540. The molecule has 1 N–H and O–H groups in total. The molecule has 7 heteroatoms. The first-order valence-electron chi connectivity index (χ1n) is 10.5. The number of amides is 1. The lowest BCUT2D eigenvalue weighted by Gasteiger charge is -2.30. The van der Waals surface area contributed by atoms with Crippen LogP contribution >= 0.6 is 0 Å². The summed E-state index contributed by atoms with van der Waals surface area (Å²) in [5.74, 6) is -2.06. The molecule has 166 valence electrons. The Kier molecular flexibility index (Phi) is 5.99. The third-order valence-electron chi connectivity index (χ3n) is 6.12. The lowest BCUT2D eigenvalue weighted by molar-refractivity contribution is -0.139. The second-order valence-electron chi connectivity index (χ2n) is 7.87. The Morgan fingerprint density at radius 3 is 2.59 bits per heavy atom. The normalized spacial score (nSPS) is 17.3. The molecule has 0 fully saturated rings. The van der Waals surface area contributed by atoms with Gasteiger partial charge in [0.2, 0.25) is 0 Å². The average molecular weight is 436 g/mol. The molecule has 1 amide bonds. The fraction of sp³-hybridized carbons (Fsp3) is 0.280. The van der Waals surface area contributed by atoms with Crippen LogP contribution in [0.25, 0.3) is 10.8 Å². The van der Waals surface area contributed by atoms with Crippen LogP contribution < -0.4 is 4.90 Å². The highest BCUT2D eigenvalue weighted by atomic mass is 19.1. The van der Waals surface area contributed by atoms with Crippen molar-refractivity contribution in [3.8, 4) is 0 Å². The third kappa shape index (κ3) is 3.86. The molecule has 0 bridgehead atoms. The van der Waals surface area contributed by atoms with Crippen LogP contribution in [0.2, 0.25) is 0 Å². The van der Waals surface area contributed by atoms with Crippen LogP contribution in [0, 0.1) is 5.82 Å². The van der Waals surface area contributed by atoms with Crippen LogP contribution in [0.4, 0.5) is 14.9 Å². The average Bonchev–Trinajstić information content (AvgIpc) is 3.09. The van der Waals surface area contributed by atoms with Gasteiger partial charge in [0.25, 0.3) is 0 Å². The summed E-state index contributed by atoms with van der Waals surface area (Å²) in [6, 6.07) is 17.3. The van der Waals surface area contributed by atoms with Crippen LogP contribution in [-0.4, -0.2) is 48.3 Å². The summed E-state index contributed by atoms with van der Waals surface area (Å²) in [7, 11) is 1.29. The van der Waals surface area contributed by atoms with Crippen LogP contribution in [0.1, 0.15) is 24.0 Å². The van der Waals surface area contributed by atoms with Crippen molar-refractivity contribution in [2.24, 2.45) is 0 Å². The molecular formula is C25H25FN2O4. The Hall–Kier alpha value is -3.61. The van der Waals surface area contributed by atoms with Gasteiger partial charge in [-0.3, -0.25) is 0 Å². The number of hydrogen-bond donors (Lipinski definition) is 1. The van der Waals surface area contributed by atoms with E-state index in [0.29, 0.717) is 24.3 Å². The van der Waals surface area contributed by atoms with Gasteiger partial charge in [-0.2, -0.15) is 0 Å². The van der Waals surface area contributed by atoms with Gasteiger partial charge in [0, 0.05) is 31.2 Å². The first-order valence-corrected chi connectivity index (χ1v) is 10.5. The molecular weight excluding hydrogens is 411 g/mol. The quantitative estimate of drug-likeness (QED) is 0.610.